The van der Waals surface area contributed by atoms with Crippen LogP contribution in [0, 0.1) is 0 Å². The van der Waals surface area contributed by atoms with Gasteiger partial charge in [0.25, 0.3) is 0 Å². The third-order valence-electron chi connectivity index (χ3n) is 3.06. The van der Waals surface area contributed by atoms with Gasteiger partial charge in [-0.15, -0.1) is 11.8 Å². The fourth-order valence-electron chi connectivity index (χ4n) is 2.17. The lowest BCUT2D eigenvalue weighted by atomic mass is 10.2. The quantitative estimate of drug-likeness (QED) is 0.819. The first-order valence-corrected chi connectivity index (χ1v) is 7.84. The second kappa shape index (κ2) is 5.39. The zero-order valence-corrected chi connectivity index (χ0v) is 12.5. The first kappa shape index (κ1) is 12.8. The van der Waals surface area contributed by atoms with Crippen LogP contribution in [0.15, 0.2) is 59.1 Å². The van der Waals surface area contributed by atoms with Crippen LogP contribution in [0.2, 0.25) is 0 Å². The third-order valence-corrected chi connectivity index (χ3v) is 4.80. The zero-order chi connectivity index (χ0) is 13.2. The van der Waals surface area contributed by atoms with Gasteiger partial charge in [-0.05, 0) is 29.8 Å². The number of hydrogen-bond donors (Lipinski definition) is 0. The average molecular weight is 334 g/mol. The van der Waals surface area contributed by atoms with Crippen LogP contribution in [0.5, 0.6) is 0 Å². The number of thioether (sulfide) groups is 1. The largest absolute Gasteiger partial charge is 0.295 e. The van der Waals surface area contributed by atoms with Gasteiger partial charge in [0, 0.05) is 10.2 Å². The molecule has 19 heavy (non-hydrogen) atoms. The van der Waals surface area contributed by atoms with Gasteiger partial charge >= 0.3 is 0 Å². The van der Waals surface area contributed by atoms with E-state index >= 15 is 0 Å². The van der Waals surface area contributed by atoms with Crippen molar-refractivity contribution < 1.29 is 4.79 Å². The van der Waals surface area contributed by atoms with Crippen LogP contribution in [0.1, 0.15) is 10.9 Å². The molecule has 3 rings (SSSR count). The van der Waals surface area contributed by atoms with Crippen LogP contribution < -0.4 is 4.90 Å². The molecule has 2 aromatic rings. The van der Waals surface area contributed by atoms with Crippen LogP contribution >= 0.6 is 27.7 Å². The fourth-order valence-corrected chi connectivity index (χ4v) is 3.61. The van der Waals surface area contributed by atoms with Gasteiger partial charge in [0.15, 0.2) is 0 Å². The summed E-state index contributed by atoms with van der Waals surface area (Å²) in [6, 6.07) is 18.0. The Labute approximate surface area is 124 Å². The van der Waals surface area contributed by atoms with Crippen LogP contribution in [-0.4, -0.2) is 11.7 Å². The lowest BCUT2D eigenvalue weighted by molar-refractivity contribution is -0.115. The molecule has 0 aromatic heterocycles. The van der Waals surface area contributed by atoms with Gasteiger partial charge in [-0.25, -0.2) is 0 Å². The predicted octanol–water partition coefficient (Wildman–Crippen LogP) is 4.23. The Balaban J connectivity index is 1.97. The van der Waals surface area contributed by atoms with Gasteiger partial charge in [-0.2, -0.15) is 0 Å². The Kier molecular flexibility index (Phi) is 3.62. The van der Waals surface area contributed by atoms with E-state index < -0.39 is 0 Å². The molecule has 96 valence electrons. The molecular formula is C15H12BrNOS. The molecule has 2 nitrogen and oxygen atoms in total. The minimum absolute atomic E-state index is 0.0722. The van der Waals surface area contributed by atoms with Crippen molar-refractivity contribution in [2.24, 2.45) is 0 Å². The van der Waals surface area contributed by atoms with Crippen molar-refractivity contribution in [2.75, 3.05) is 10.7 Å². The summed E-state index contributed by atoms with van der Waals surface area (Å²) in [5.41, 5.74) is 2.12. The summed E-state index contributed by atoms with van der Waals surface area (Å²) in [4.78, 5) is 14.0. The highest BCUT2D eigenvalue weighted by Gasteiger charge is 2.33. The number of rotatable bonds is 2. The van der Waals surface area contributed by atoms with Crippen molar-refractivity contribution in [3.05, 3.63) is 64.6 Å². The maximum Gasteiger partial charge on any atom is 0.238 e. The lowest BCUT2D eigenvalue weighted by Gasteiger charge is -2.24. The Morgan fingerprint density at radius 1 is 1.05 bits per heavy atom. The summed E-state index contributed by atoms with van der Waals surface area (Å²) in [5, 5.41) is 0.0722. The van der Waals surface area contributed by atoms with Crippen LogP contribution in [0.3, 0.4) is 0 Å². The summed E-state index contributed by atoms with van der Waals surface area (Å²) in [7, 11) is 0. The lowest BCUT2D eigenvalue weighted by Crippen LogP contribution is -2.27. The number of carbonyl (C=O) groups excluding carboxylic acids is 1. The van der Waals surface area contributed by atoms with E-state index in [1.54, 1.807) is 11.8 Å². The molecule has 1 atom stereocenters. The smallest absolute Gasteiger partial charge is 0.238 e. The molecule has 2 aromatic carbocycles. The molecule has 0 unspecified atom stereocenters. The van der Waals surface area contributed by atoms with Crippen molar-refractivity contribution in [3.63, 3.8) is 0 Å². The fraction of sp³-hybridized carbons (Fsp3) is 0.133. The zero-order valence-electron chi connectivity index (χ0n) is 10.1. The standard InChI is InChI=1S/C15H12BrNOS/c16-12-8-6-11(7-9-12)15-17(14(18)10-19-15)13-4-2-1-3-5-13/h1-9,15H,10H2/t15-/m1/s1. The van der Waals surface area contributed by atoms with E-state index in [-0.39, 0.29) is 11.3 Å². The molecule has 0 spiro atoms. The Hall–Kier alpha value is -1.26. The highest BCUT2D eigenvalue weighted by atomic mass is 79.9. The van der Waals surface area contributed by atoms with E-state index in [0.717, 1.165) is 15.7 Å². The van der Waals surface area contributed by atoms with E-state index in [9.17, 15) is 4.79 Å². The summed E-state index contributed by atoms with van der Waals surface area (Å²) in [6.07, 6.45) is 0. The molecule has 1 fully saturated rings. The van der Waals surface area contributed by atoms with Crippen molar-refractivity contribution in [1.29, 1.82) is 0 Å². The minimum Gasteiger partial charge on any atom is -0.295 e. The third kappa shape index (κ3) is 2.55. The molecule has 1 heterocycles. The van der Waals surface area contributed by atoms with Gasteiger partial charge in [-0.3, -0.25) is 9.69 Å². The number of benzene rings is 2. The van der Waals surface area contributed by atoms with Gasteiger partial charge in [0.2, 0.25) is 5.91 Å². The van der Waals surface area contributed by atoms with Gasteiger partial charge in [0.05, 0.1) is 5.75 Å². The Morgan fingerprint density at radius 3 is 2.42 bits per heavy atom. The van der Waals surface area contributed by atoms with Crippen molar-refractivity contribution in [3.8, 4) is 0 Å². The first-order valence-electron chi connectivity index (χ1n) is 6.00. The van der Waals surface area contributed by atoms with Crippen LogP contribution in [0.4, 0.5) is 5.69 Å². The van der Waals surface area contributed by atoms with Crippen molar-refractivity contribution in [2.45, 2.75) is 5.37 Å². The SMILES string of the molecule is O=C1CS[C@H](c2ccc(Br)cc2)N1c1ccccc1. The number of halogens is 1. The summed E-state index contributed by atoms with van der Waals surface area (Å²) < 4.78 is 1.05. The molecule has 0 radical (unpaired) electrons. The molecule has 4 heteroatoms. The topological polar surface area (TPSA) is 20.3 Å². The highest BCUT2D eigenvalue weighted by molar-refractivity contribution is 9.10. The predicted molar refractivity (Wildman–Crippen MR) is 83.3 cm³/mol. The molecule has 1 aliphatic heterocycles. The Bertz CT molecular complexity index is 585. The van der Waals surface area contributed by atoms with E-state index in [0.29, 0.717) is 5.75 Å². The van der Waals surface area contributed by atoms with E-state index in [4.69, 9.17) is 0 Å². The molecule has 0 aliphatic carbocycles. The van der Waals surface area contributed by atoms with Gasteiger partial charge in [-0.1, -0.05) is 46.3 Å². The second-order valence-electron chi connectivity index (χ2n) is 4.31. The molecule has 1 saturated heterocycles. The van der Waals surface area contributed by atoms with Gasteiger partial charge < -0.3 is 0 Å². The summed E-state index contributed by atoms with van der Waals surface area (Å²) in [6.45, 7) is 0. The van der Waals surface area contributed by atoms with Crippen LogP contribution in [0.25, 0.3) is 0 Å². The monoisotopic (exact) mass is 333 g/mol. The van der Waals surface area contributed by atoms with E-state index in [2.05, 4.69) is 28.1 Å². The highest BCUT2D eigenvalue weighted by Crippen LogP contribution is 2.41. The molecule has 0 saturated carbocycles. The maximum absolute atomic E-state index is 12.1. The van der Waals surface area contributed by atoms with E-state index in [1.807, 2.05) is 47.4 Å². The summed E-state index contributed by atoms with van der Waals surface area (Å²) in [5.74, 6) is 0.708. The van der Waals surface area contributed by atoms with E-state index in [1.165, 1.54) is 0 Å². The molecule has 0 bridgehead atoms. The molecule has 1 amide bonds. The average Bonchev–Trinajstić information content (AvgIpc) is 2.82. The summed E-state index contributed by atoms with van der Waals surface area (Å²) >= 11 is 5.11. The van der Waals surface area contributed by atoms with Gasteiger partial charge in [0.1, 0.15) is 5.37 Å². The first-order chi connectivity index (χ1) is 9.25. The number of anilines is 1. The minimum atomic E-state index is 0.0722. The number of hydrogen-bond acceptors (Lipinski definition) is 2. The second-order valence-corrected chi connectivity index (χ2v) is 6.30. The van der Waals surface area contributed by atoms with Crippen molar-refractivity contribution in [1.82, 2.24) is 0 Å². The number of para-hydroxylation sites is 1. The van der Waals surface area contributed by atoms with Crippen LogP contribution in [-0.2, 0) is 4.79 Å². The molecule has 0 N–H and O–H groups in total. The molecular weight excluding hydrogens is 322 g/mol. The number of amides is 1. The maximum atomic E-state index is 12.1. The number of nitrogens with zero attached hydrogens (tertiary/aromatic N) is 1. The normalized spacial score (nSPS) is 18.9. The van der Waals surface area contributed by atoms with Crippen molar-refractivity contribution >= 4 is 39.3 Å². The number of carbonyl (C=O) groups is 1. The molecule has 1 aliphatic rings. The Morgan fingerprint density at radius 2 is 1.74 bits per heavy atom.